The molecule has 504 valence electrons. The molecular weight excluding hydrogens is 1180 g/mol. The highest BCUT2D eigenvalue weighted by Crippen LogP contribution is 2.67. The number of rotatable bonds is 19. The van der Waals surface area contributed by atoms with Crippen molar-refractivity contribution < 1.29 is 120 Å². The van der Waals surface area contributed by atoms with E-state index >= 15 is 0 Å². The van der Waals surface area contributed by atoms with Crippen LogP contribution in [0, 0.1) is 70.5 Å². The molecule has 0 aromatic heterocycles. The average Bonchev–Trinajstić information content (AvgIpc) is 1.27. The molecule has 1 N–H and O–H groups in total. The molecule has 1 amide bonds. The maximum atomic E-state index is 13.6. The Balaban J connectivity index is 0.675. The van der Waals surface area contributed by atoms with Crippen LogP contribution in [0.4, 0.5) is 0 Å². The number of hydrogen-bond acceptors (Lipinski definition) is 25. The summed E-state index contributed by atoms with van der Waals surface area (Å²) >= 11 is 0. The molecule has 0 aromatic rings. The Morgan fingerprint density at radius 1 is 0.422 bits per heavy atom. The molecule has 12 heterocycles. The van der Waals surface area contributed by atoms with E-state index in [1.165, 1.54) is 0 Å². The average molecular weight is 1280 g/mol. The maximum absolute atomic E-state index is 13.6. The summed E-state index contributed by atoms with van der Waals surface area (Å²) in [5, 5.41) is 2.63. The van der Waals surface area contributed by atoms with Gasteiger partial charge in [-0.25, -0.2) is 29.3 Å². The van der Waals surface area contributed by atoms with Crippen LogP contribution in [0.15, 0.2) is 0 Å². The van der Waals surface area contributed by atoms with Gasteiger partial charge in [-0.2, -0.15) is 0 Å². The van der Waals surface area contributed by atoms with Gasteiger partial charge in [-0.1, -0.05) is 48.5 Å². The highest BCUT2D eigenvalue weighted by atomic mass is 17.3. The van der Waals surface area contributed by atoms with Gasteiger partial charge in [-0.05, 0) is 114 Å². The van der Waals surface area contributed by atoms with E-state index in [4.69, 9.17) is 86.2 Å². The van der Waals surface area contributed by atoms with Crippen molar-refractivity contribution in [2.75, 3.05) is 19.8 Å². The van der Waals surface area contributed by atoms with Gasteiger partial charge in [0.25, 0.3) is 0 Å². The van der Waals surface area contributed by atoms with Gasteiger partial charge in [0.05, 0.1) is 38.5 Å². The SMILES string of the molecule is CC(=O)NC(COC(=O)CCC(=O)O[C@@H]1O[C@@H]2O[C@@]3(C)CC[C@H]4[C@H](C)CC[C@@H]([C@H]1C)[C@@]24OO3)(COC(=O)CCC(=O)O[C@@H]1O[C@@H]2O[C@@]3(C)CC[C@H]4[C@H](C)CC[C@@H]([C@H]1C)[C@@]24OO3)COC(=O)CCC(=O)O[C@@H]1O[C@@H]2O[C@@]3(C)CC[C@H]4[C@H](C)CC[C@@](C)([C@H]1C)[C@@]24OO3. The van der Waals surface area contributed by atoms with Gasteiger partial charge in [-0.3, -0.25) is 33.6 Å². The quantitative estimate of drug-likeness (QED) is 0.0744. The number of esters is 6. The first-order valence-electron chi connectivity index (χ1n) is 33.0. The Labute approximate surface area is 524 Å². The molecule has 26 nitrogen and oxygen atoms in total. The third kappa shape index (κ3) is 11.6. The van der Waals surface area contributed by atoms with Gasteiger partial charge in [-0.15, -0.1) is 0 Å². The van der Waals surface area contributed by atoms with Crippen LogP contribution < -0.4 is 5.32 Å². The fraction of sp³-hybridized carbons (Fsp3) is 0.891. The third-order valence-corrected chi connectivity index (χ3v) is 23.4. The van der Waals surface area contributed by atoms with Crippen molar-refractivity contribution in [3.8, 4) is 0 Å². The lowest BCUT2D eigenvalue weighted by Gasteiger charge is -2.65. The molecule has 3 saturated carbocycles. The van der Waals surface area contributed by atoms with Crippen LogP contribution in [0.3, 0.4) is 0 Å². The third-order valence-electron chi connectivity index (χ3n) is 23.4. The van der Waals surface area contributed by atoms with Gasteiger partial charge in [0.2, 0.25) is 42.1 Å². The van der Waals surface area contributed by atoms with E-state index in [9.17, 15) is 33.6 Å². The van der Waals surface area contributed by atoms with Gasteiger partial charge in [0, 0.05) is 61.2 Å². The highest BCUT2D eigenvalue weighted by molar-refractivity contribution is 5.80. The van der Waals surface area contributed by atoms with Crippen molar-refractivity contribution >= 4 is 41.7 Å². The Morgan fingerprint density at radius 3 is 1.24 bits per heavy atom. The van der Waals surface area contributed by atoms with Crippen LogP contribution in [-0.2, 0) is 120 Å². The molecule has 24 atom stereocenters. The predicted octanol–water partition coefficient (Wildman–Crippen LogP) is 7.48. The Hall–Kier alpha value is -4.19. The number of amides is 1. The fourth-order valence-corrected chi connectivity index (χ4v) is 18.0. The van der Waals surface area contributed by atoms with E-state index in [0.29, 0.717) is 37.0 Å². The van der Waals surface area contributed by atoms with Gasteiger partial charge >= 0.3 is 35.8 Å². The molecule has 15 rings (SSSR count). The predicted molar refractivity (Wildman–Crippen MR) is 301 cm³/mol. The van der Waals surface area contributed by atoms with Crippen molar-refractivity contribution in [1.29, 1.82) is 0 Å². The molecule has 12 aliphatic heterocycles. The van der Waals surface area contributed by atoms with Crippen molar-refractivity contribution in [1.82, 2.24) is 5.32 Å². The van der Waals surface area contributed by atoms with Crippen LogP contribution in [0.5, 0.6) is 0 Å². The second-order valence-corrected chi connectivity index (χ2v) is 29.4. The first-order chi connectivity index (χ1) is 42.6. The van der Waals surface area contributed by atoms with Crippen molar-refractivity contribution in [2.24, 2.45) is 70.5 Å². The summed E-state index contributed by atoms with van der Waals surface area (Å²) in [5.74, 6) is -9.01. The summed E-state index contributed by atoms with van der Waals surface area (Å²) in [4.78, 5) is 131. The Kier molecular flexibility index (Phi) is 18.0. The standard InChI is InChI=1S/C64H93NO25/c1-33-12-14-43-36(4)51(79-54-62(43)40(33)23-27-58(9,82-54)85-88-62)76-48(70)19-16-45(67)73-30-61(65-39(7)66,31-74-46(68)17-20-49(71)77-52-37(5)44-15-13-34(2)41-24-28-59(10)83-55(80-52)63(41,44)89-86-59)32-75-47(69)18-21-50(72)78-53-38(6)57(8)26-22-35(3)42-25-29-60(11)84-56(81-53)64(42,57)90-87-60/h33-38,40-44,51-56H,12-32H2,1-11H3,(H,65,66)/t33-,34-,35-,36-,37-,38+,40+,41+,42+,43+,44+,51-,52-,53-,54-,55-,56-,57+,58-,59-,60-,62-,63-,64+/m1/s1. The molecule has 0 unspecified atom stereocenters. The molecular formula is C64H93NO25. The molecule has 0 radical (unpaired) electrons. The number of carbonyl (C=O) groups excluding carboxylic acids is 7. The molecule has 15 aliphatic rings. The lowest BCUT2D eigenvalue weighted by Crippen LogP contribution is -2.74. The van der Waals surface area contributed by atoms with Gasteiger partial charge in [0.15, 0.2) is 35.7 Å². The summed E-state index contributed by atoms with van der Waals surface area (Å²) in [5.41, 5.74) is -5.24. The van der Waals surface area contributed by atoms with Crippen LogP contribution in [0.2, 0.25) is 0 Å². The van der Waals surface area contributed by atoms with Crippen molar-refractivity contribution in [3.63, 3.8) is 0 Å². The summed E-state index contributed by atoms with van der Waals surface area (Å²) in [7, 11) is 0. The summed E-state index contributed by atoms with van der Waals surface area (Å²) in [6, 6.07) is 0. The summed E-state index contributed by atoms with van der Waals surface area (Å²) in [6.45, 7) is 18.8. The zero-order valence-corrected chi connectivity index (χ0v) is 53.9. The number of nitrogens with one attached hydrogen (secondary N) is 1. The number of ether oxygens (including phenoxy) is 12. The largest absolute Gasteiger partial charge is 0.463 e. The fourth-order valence-electron chi connectivity index (χ4n) is 18.0. The maximum Gasteiger partial charge on any atom is 0.308 e. The molecule has 6 bridgehead atoms. The van der Waals surface area contributed by atoms with E-state index in [1.54, 1.807) is 20.8 Å². The molecule has 15 fully saturated rings. The zero-order valence-electron chi connectivity index (χ0n) is 53.9. The van der Waals surface area contributed by atoms with Crippen LogP contribution in [0.25, 0.3) is 0 Å². The molecule has 26 heteroatoms. The molecule has 3 aliphatic carbocycles. The van der Waals surface area contributed by atoms with Crippen molar-refractivity contribution in [2.45, 2.75) is 269 Å². The second-order valence-electron chi connectivity index (χ2n) is 29.4. The number of hydrogen-bond donors (Lipinski definition) is 1. The van der Waals surface area contributed by atoms with Crippen molar-refractivity contribution in [3.05, 3.63) is 0 Å². The topological polar surface area (TPSA) is 298 Å². The normalized spacial score (nSPS) is 46.0. The first kappa shape index (κ1) is 65.9. The molecule has 12 saturated heterocycles. The van der Waals surface area contributed by atoms with E-state index in [0.717, 1.165) is 64.7 Å². The second kappa shape index (κ2) is 24.5. The molecule has 90 heavy (non-hydrogen) atoms. The van der Waals surface area contributed by atoms with Crippen LogP contribution >= 0.6 is 0 Å². The Bertz CT molecular complexity index is 2660. The minimum Gasteiger partial charge on any atom is -0.463 e. The summed E-state index contributed by atoms with van der Waals surface area (Å²) < 4.78 is 73.3. The van der Waals surface area contributed by atoms with E-state index in [-0.39, 0.29) is 47.3 Å². The lowest BCUT2D eigenvalue weighted by molar-refractivity contribution is -0.586. The smallest absolute Gasteiger partial charge is 0.308 e. The zero-order chi connectivity index (χ0) is 64.1. The van der Waals surface area contributed by atoms with Gasteiger partial charge < -0.3 is 62.2 Å². The van der Waals surface area contributed by atoms with E-state index < -0.39 is 183 Å². The minimum absolute atomic E-state index is 0.0587. The Morgan fingerprint density at radius 2 is 0.800 bits per heavy atom. The lowest BCUT2D eigenvalue weighted by atomic mass is 9.50. The van der Waals surface area contributed by atoms with Crippen LogP contribution in [0.1, 0.15) is 192 Å². The number of carbonyl (C=O) groups is 7. The molecule has 3 spiro atoms. The molecule has 0 aromatic carbocycles. The first-order valence-corrected chi connectivity index (χ1v) is 33.0. The van der Waals surface area contributed by atoms with Crippen LogP contribution in [-0.4, -0.2) is 139 Å². The monoisotopic (exact) mass is 1280 g/mol. The highest BCUT2D eigenvalue weighted by Gasteiger charge is 2.76. The minimum atomic E-state index is -1.94. The number of fused-ring (bicyclic) bond motifs is 6. The van der Waals surface area contributed by atoms with E-state index in [1.807, 2.05) is 20.8 Å². The van der Waals surface area contributed by atoms with Gasteiger partial charge in [0.1, 0.15) is 25.4 Å². The van der Waals surface area contributed by atoms with E-state index in [2.05, 4.69) is 33.0 Å². The summed E-state index contributed by atoms with van der Waals surface area (Å²) in [6.07, 6.45) is 0.707.